The SMILES string of the molecule is CC(C)CC1NC(CC(C)C)N(CCCCN(C)C)C1=O. The van der Waals surface area contributed by atoms with E-state index in [1.54, 1.807) is 0 Å². The van der Waals surface area contributed by atoms with Crippen LogP contribution in [-0.2, 0) is 4.79 Å². The monoisotopic (exact) mass is 297 g/mol. The summed E-state index contributed by atoms with van der Waals surface area (Å²) in [5, 5.41) is 3.57. The molecule has 0 aromatic heterocycles. The topological polar surface area (TPSA) is 35.6 Å². The molecule has 1 amide bonds. The molecule has 124 valence electrons. The van der Waals surface area contributed by atoms with E-state index in [0.29, 0.717) is 17.7 Å². The van der Waals surface area contributed by atoms with Gasteiger partial charge in [-0.05, 0) is 58.2 Å². The Morgan fingerprint density at radius 1 is 1.10 bits per heavy atom. The maximum Gasteiger partial charge on any atom is 0.241 e. The maximum absolute atomic E-state index is 12.6. The predicted octanol–water partition coefficient (Wildman–Crippen LogP) is 2.55. The molecule has 4 heteroatoms. The summed E-state index contributed by atoms with van der Waals surface area (Å²) in [6.07, 6.45) is 4.48. The van der Waals surface area contributed by atoms with E-state index in [2.05, 4.69) is 56.9 Å². The van der Waals surface area contributed by atoms with Gasteiger partial charge in [0.05, 0.1) is 12.2 Å². The molecule has 0 bridgehead atoms. The van der Waals surface area contributed by atoms with Gasteiger partial charge in [-0.2, -0.15) is 0 Å². The highest BCUT2D eigenvalue weighted by Crippen LogP contribution is 2.21. The predicted molar refractivity (Wildman–Crippen MR) is 89.1 cm³/mol. The van der Waals surface area contributed by atoms with E-state index >= 15 is 0 Å². The Kier molecular flexibility index (Phi) is 7.67. The fourth-order valence-electron chi connectivity index (χ4n) is 3.01. The number of rotatable bonds is 9. The minimum atomic E-state index is 0.0302. The lowest BCUT2D eigenvalue weighted by Crippen LogP contribution is -2.39. The van der Waals surface area contributed by atoms with Crippen molar-refractivity contribution in [2.24, 2.45) is 11.8 Å². The molecule has 1 heterocycles. The molecule has 1 saturated heterocycles. The van der Waals surface area contributed by atoms with Gasteiger partial charge in [-0.15, -0.1) is 0 Å². The number of carbonyl (C=O) groups is 1. The summed E-state index contributed by atoms with van der Waals surface area (Å²) in [6, 6.07) is 0.0302. The van der Waals surface area contributed by atoms with Crippen LogP contribution >= 0.6 is 0 Å². The zero-order valence-electron chi connectivity index (χ0n) is 14.9. The summed E-state index contributed by atoms with van der Waals surface area (Å²) in [5.74, 6) is 1.48. The Morgan fingerprint density at radius 3 is 2.24 bits per heavy atom. The Hall–Kier alpha value is -0.610. The van der Waals surface area contributed by atoms with Crippen molar-refractivity contribution in [3.63, 3.8) is 0 Å². The van der Waals surface area contributed by atoms with Crippen molar-refractivity contribution in [2.45, 2.75) is 65.6 Å². The van der Waals surface area contributed by atoms with Crippen molar-refractivity contribution in [2.75, 3.05) is 27.2 Å². The third-order valence-electron chi connectivity index (χ3n) is 4.01. The van der Waals surface area contributed by atoms with Gasteiger partial charge in [-0.25, -0.2) is 0 Å². The summed E-state index contributed by atoms with van der Waals surface area (Å²) >= 11 is 0. The van der Waals surface area contributed by atoms with Gasteiger partial charge in [0.15, 0.2) is 0 Å². The standard InChI is InChI=1S/C17H35N3O/c1-13(2)11-15-17(21)20(10-8-7-9-19(5)6)16(18-15)12-14(3)4/h13-16,18H,7-12H2,1-6H3. The molecule has 0 saturated carbocycles. The van der Waals surface area contributed by atoms with E-state index in [1.165, 1.54) is 0 Å². The lowest BCUT2D eigenvalue weighted by Gasteiger charge is -2.25. The number of amides is 1. The molecule has 1 aliphatic rings. The molecule has 0 radical (unpaired) electrons. The average molecular weight is 297 g/mol. The Labute approximate surface area is 131 Å². The molecule has 1 rings (SSSR count). The first kappa shape index (κ1) is 18.4. The molecule has 0 spiro atoms. The van der Waals surface area contributed by atoms with Crippen molar-refractivity contribution in [3.05, 3.63) is 0 Å². The van der Waals surface area contributed by atoms with Crippen molar-refractivity contribution in [1.29, 1.82) is 0 Å². The van der Waals surface area contributed by atoms with Crippen LogP contribution < -0.4 is 5.32 Å². The summed E-state index contributed by atoms with van der Waals surface area (Å²) < 4.78 is 0. The first-order valence-corrected chi connectivity index (χ1v) is 8.52. The third-order valence-corrected chi connectivity index (χ3v) is 4.01. The van der Waals surface area contributed by atoms with Crippen LogP contribution in [0.3, 0.4) is 0 Å². The van der Waals surface area contributed by atoms with E-state index in [4.69, 9.17) is 0 Å². The number of hydrogen-bond acceptors (Lipinski definition) is 3. The summed E-state index contributed by atoms with van der Waals surface area (Å²) in [7, 11) is 4.20. The van der Waals surface area contributed by atoms with E-state index in [-0.39, 0.29) is 12.2 Å². The lowest BCUT2D eigenvalue weighted by molar-refractivity contribution is -0.130. The zero-order valence-corrected chi connectivity index (χ0v) is 14.9. The minimum absolute atomic E-state index is 0.0302. The van der Waals surface area contributed by atoms with Crippen molar-refractivity contribution in [1.82, 2.24) is 15.1 Å². The largest absolute Gasteiger partial charge is 0.326 e. The highest BCUT2D eigenvalue weighted by atomic mass is 16.2. The molecule has 0 aromatic carbocycles. The second-order valence-corrected chi connectivity index (χ2v) is 7.54. The molecule has 2 atom stereocenters. The maximum atomic E-state index is 12.6. The molecular formula is C17H35N3O. The first-order chi connectivity index (χ1) is 9.81. The number of nitrogens with one attached hydrogen (secondary N) is 1. The number of unbranched alkanes of at least 4 members (excludes halogenated alkanes) is 1. The molecule has 2 unspecified atom stereocenters. The quantitative estimate of drug-likeness (QED) is 0.664. The average Bonchev–Trinajstić information content (AvgIpc) is 2.60. The summed E-state index contributed by atoms with van der Waals surface area (Å²) in [5.41, 5.74) is 0. The van der Waals surface area contributed by atoms with Gasteiger partial charge in [0.25, 0.3) is 0 Å². The van der Waals surface area contributed by atoms with Crippen LogP contribution in [0.5, 0.6) is 0 Å². The second-order valence-electron chi connectivity index (χ2n) is 7.54. The number of carbonyl (C=O) groups excluding carboxylic acids is 1. The van der Waals surface area contributed by atoms with E-state index < -0.39 is 0 Å². The molecule has 0 aromatic rings. The second kappa shape index (κ2) is 8.74. The van der Waals surface area contributed by atoms with Gasteiger partial charge in [-0.1, -0.05) is 27.7 Å². The lowest BCUT2D eigenvalue weighted by atomic mass is 10.0. The van der Waals surface area contributed by atoms with Gasteiger partial charge >= 0.3 is 0 Å². The molecule has 0 aliphatic carbocycles. The fraction of sp³-hybridized carbons (Fsp3) is 0.941. The molecule has 1 aliphatic heterocycles. The van der Waals surface area contributed by atoms with Crippen LogP contribution in [0.4, 0.5) is 0 Å². The van der Waals surface area contributed by atoms with Crippen molar-refractivity contribution in [3.8, 4) is 0 Å². The number of nitrogens with zero attached hydrogens (tertiary/aromatic N) is 2. The Balaban J connectivity index is 2.55. The van der Waals surface area contributed by atoms with Crippen LogP contribution in [-0.4, -0.2) is 55.1 Å². The first-order valence-electron chi connectivity index (χ1n) is 8.52. The van der Waals surface area contributed by atoms with Crippen molar-refractivity contribution >= 4 is 5.91 Å². The summed E-state index contributed by atoms with van der Waals surface area (Å²) in [6.45, 7) is 10.8. The van der Waals surface area contributed by atoms with Crippen LogP contribution in [0.2, 0.25) is 0 Å². The normalized spacial score (nSPS) is 23.1. The van der Waals surface area contributed by atoms with E-state index in [9.17, 15) is 4.79 Å². The smallest absolute Gasteiger partial charge is 0.241 e. The van der Waals surface area contributed by atoms with Crippen LogP contribution in [0, 0.1) is 11.8 Å². The van der Waals surface area contributed by atoms with Crippen molar-refractivity contribution < 1.29 is 4.79 Å². The van der Waals surface area contributed by atoms with Gasteiger partial charge in [0.1, 0.15) is 0 Å². The van der Waals surface area contributed by atoms with Gasteiger partial charge < -0.3 is 9.80 Å². The fourth-order valence-corrected chi connectivity index (χ4v) is 3.01. The molecule has 21 heavy (non-hydrogen) atoms. The minimum Gasteiger partial charge on any atom is -0.326 e. The number of hydrogen-bond donors (Lipinski definition) is 1. The molecule has 4 nitrogen and oxygen atoms in total. The zero-order chi connectivity index (χ0) is 16.0. The van der Waals surface area contributed by atoms with Crippen LogP contribution in [0.1, 0.15) is 53.4 Å². The van der Waals surface area contributed by atoms with Crippen LogP contribution in [0.15, 0.2) is 0 Å². The van der Waals surface area contributed by atoms with Crippen LogP contribution in [0.25, 0.3) is 0 Å². The van der Waals surface area contributed by atoms with E-state index in [1.807, 2.05) is 0 Å². The van der Waals surface area contributed by atoms with Gasteiger partial charge in [-0.3, -0.25) is 10.1 Å². The van der Waals surface area contributed by atoms with Gasteiger partial charge in [0.2, 0.25) is 5.91 Å². The highest BCUT2D eigenvalue weighted by Gasteiger charge is 2.38. The third kappa shape index (κ3) is 6.35. The Morgan fingerprint density at radius 2 is 1.71 bits per heavy atom. The molecule has 1 N–H and O–H groups in total. The summed E-state index contributed by atoms with van der Waals surface area (Å²) in [4.78, 5) is 16.9. The molecule has 1 fully saturated rings. The highest BCUT2D eigenvalue weighted by molar-refractivity contribution is 5.84. The molecular weight excluding hydrogens is 262 g/mol. The van der Waals surface area contributed by atoms with E-state index in [0.717, 1.165) is 38.8 Å². The van der Waals surface area contributed by atoms with Gasteiger partial charge in [0, 0.05) is 6.54 Å². The Bertz CT molecular complexity index is 315.